The van der Waals surface area contributed by atoms with Gasteiger partial charge in [-0.2, -0.15) is 0 Å². The Balaban J connectivity index is 1.41. The molecule has 0 N–H and O–H groups in total. The summed E-state index contributed by atoms with van der Waals surface area (Å²) in [5, 5.41) is 0. The third-order valence-electron chi connectivity index (χ3n) is 5.91. The van der Waals surface area contributed by atoms with Gasteiger partial charge in [0.2, 0.25) is 0 Å². The summed E-state index contributed by atoms with van der Waals surface area (Å²) >= 11 is 0. The molecule has 0 spiro atoms. The molecule has 142 valence electrons. The predicted octanol–water partition coefficient (Wildman–Crippen LogP) is 4.13. The molecule has 2 saturated heterocycles. The van der Waals surface area contributed by atoms with Crippen LogP contribution in [-0.4, -0.2) is 42.4 Å². The van der Waals surface area contributed by atoms with Crippen molar-refractivity contribution in [3.63, 3.8) is 0 Å². The van der Waals surface area contributed by atoms with E-state index in [0.29, 0.717) is 12.5 Å². The van der Waals surface area contributed by atoms with E-state index >= 15 is 0 Å². The lowest BCUT2D eigenvalue weighted by Crippen LogP contribution is -2.41. The fourth-order valence-corrected chi connectivity index (χ4v) is 3.50. The Morgan fingerprint density at radius 1 is 1.12 bits per heavy atom. The molecular formula is C20H30BNO4. The minimum atomic E-state index is -0.278. The number of benzene rings is 1. The topological polar surface area (TPSA) is 48.0 Å². The second kappa shape index (κ2) is 7.61. The first-order chi connectivity index (χ1) is 12.3. The molecule has 0 atom stereocenters. The molecule has 0 radical (unpaired) electrons. The summed E-state index contributed by atoms with van der Waals surface area (Å²) in [6.45, 7) is 10.1. The number of rotatable bonds is 4. The molecule has 2 aliphatic heterocycles. The number of hydrogen-bond acceptors (Lipinski definition) is 4. The standard InChI is InChI=1S/C20H30BNO4/c1-19(2)20(3,4)26-21(25-19)14-16-10-12-22(13-11-16)18(23)24-15-17-8-6-5-7-9-17/h5-9,16H,10-15H2,1-4H3. The highest BCUT2D eigenvalue weighted by atomic mass is 16.7. The quantitative estimate of drug-likeness (QED) is 0.759. The molecule has 5 nitrogen and oxygen atoms in total. The van der Waals surface area contributed by atoms with Crippen molar-refractivity contribution in [1.82, 2.24) is 4.90 Å². The van der Waals surface area contributed by atoms with E-state index in [2.05, 4.69) is 27.7 Å². The van der Waals surface area contributed by atoms with Gasteiger partial charge in [0.15, 0.2) is 0 Å². The lowest BCUT2D eigenvalue weighted by atomic mass is 9.74. The largest absolute Gasteiger partial charge is 0.458 e. The molecule has 6 heteroatoms. The zero-order valence-electron chi connectivity index (χ0n) is 16.4. The van der Waals surface area contributed by atoms with Crippen LogP contribution in [-0.2, 0) is 20.7 Å². The van der Waals surface area contributed by atoms with E-state index in [0.717, 1.165) is 37.8 Å². The number of carbonyl (C=O) groups excluding carboxylic acids is 1. The van der Waals surface area contributed by atoms with Crippen molar-refractivity contribution in [2.75, 3.05) is 13.1 Å². The first-order valence-electron chi connectivity index (χ1n) is 9.58. The number of likely N-dealkylation sites (tertiary alicyclic amines) is 1. The van der Waals surface area contributed by atoms with Crippen molar-refractivity contribution in [3.05, 3.63) is 35.9 Å². The molecule has 0 unspecified atom stereocenters. The Bertz CT molecular complexity index is 595. The molecule has 0 aliphatic carbocycles. The van der Waals surface area contributed by atoms with Crippen molar-refractivity contribution in [3.8, 4) is 0 Å². The van der Waals surface area contributed by atoms with E-state index in [-0.39, 0.29) is 24.4 Å². The molecular weight excluding hydrogens is 329 g/mol. The zero-order chi connectivity index (χ0) is 18.8. The molecule has 0 saturated carbocycles. The van der Waals surface area contributed by atoms with Crippen LogP contribution in [0.25, 0.3) is 0 Å². The van der Waals surface area contributed by atoms with Gasteiger partial charge < -0.3 is 18.9 Å². The highest BCUT2D eigenvalue weighted by Crippen LogP contribution is 2.39. The smallest absolute Gasteiger partial charge is 0.445 e. The first-order valence-corrected chi connectivity index (χ1v) is 9.58. The minimum Gasteiger partial charge on any atom is -0.445 e. The monoisotopic (exact) mass is 359 g/mol. The van der Waals surface area contributed by atoms with Gasteiger partial charge in [-0.15, -0.1) is 0 Å². The van der Waals surface area contributed by atoms with Crippen LogP contribution in [0.1, 0.15) is 46.1 Å². The summed E-state index contributed by atoms with van der Waals surface area (Å²) in [6, 6.07) is 9.78. The molecule has 0 bridgehead atoms. The molecule has 2 fully saturated rings. The first kappa shape index (κ1) is 19.2. The molecule has 0 aromatic heterocycles. The number of piperidine rings is 1. The van der Waals surface area contributed by atoms with Gasteiger partial charge in [0, 0.05) is 13.1 Å². The molecule has 3 rings (SSSR count). The van der Waals surface area contributed by atoms with Gasteiger partial charge in [0.25, 0.3) is 0 Å². The summed E-state index contributed by atoms with van der Waals surface area (Å²) in [5.74, 6) is 0.517. The predicted molar refractivity (Wildman–Crippen MR) is 102 cm³/mol. The maximum absolute atomic E-state index is 12.2. The molecule has 1 amide bonds. The van der Waals surface area contributed by atoms with Crippen LogP contribution in [0.4, 0.5) is 4.79 Å². The van der Waals surface area contributed by atoms with Crippen LogP contribution >= 0.6 is 0 Å². The van der Waals surface area contributed by atoms with Crippen LogP contribution in [0, 0.1) is 5.92 Å². The van der Waals surface area contributed by atoms with Gasteiger partial charge in [0.05, 0.1) is 11.2 Å². The Hall–Kier alpha value is -1.53. The second-order valence-corrected chi connectivity index (χ2v) is 8.39. The Labute approximate surface area is 157 Å². The van der Waals surface area contributed by atoms with Crippen LogP contribution in [0.5, 0.6) is 0 Å². The molecule has 2 heterocycles. The number of ether oxygens (including phenoxy) is 1. The Morgan fingerprint density at radius 3 is 2.27 bits per heavy atom. The second-order valence-electron chi connectivity index (χ2n) is 8.39. The number of hydrogen-bond donors (Lipinski definition) is 0. The van der Waals surface area contributed by atoms with Crippen LogP contribution in [0.3, 0.4) is 0 Å². The summed E-state index contributed by atoms with van der Waals surface area (Å²) in [4.78, 5) is 14.1. The van der Waals surface area contributed by atoms with Gasteiger partial charge >= 0.3 is 13.2 Å². The zero-order valence-corrected chi connectivity index (χ0v) is 16.4. The van der Waals surface area contributed by atoms with E-state index in [1.54, 1.807) is 0 Å². The maximum atomic E-state index is 12.2. The number of carbonyl (C=O) groups is 1. The van der Waals surface area contributed by atoms with Crippen molar-refractivity contribution >= 4 is 13.2 Å². The van der Waals surface area contributed by atoms with Gasteiger partial charge in [-0.05, 0) is 58.3 Å². The van der Waals surface area contributed by atoms with Crippen molar-refractivity contribution in [2.24, 2.45) is 5.92 Å². The van der Waals surface area contributed by atoms with Crippen molar-refractivity contribution in [2.45, 2.75) is 64.7 Å². The Kier molecular flexibility index (Phi) is 5.63. The van der Waals surface area contributed by atoms with Crippen LogP contribution < -0.4 is 0 Å². The normalized spacial score (nSPS) is 22.5. The van der Waals surface area contributed by atoms with Gasteiger partial charge in [-0.25, -0.2) is 4.79 Å². The molecule has 1 aromatic carbocycles. The van der Waals surface area contributed by atoms with Crippen molar-refractivity contribution < 1.29 is 18.8 Å². The summed E-state index contributed by atoms with van der Waals surface area (Å²) in [7, 11) is -0.151. The van der Waals surface area contributed by atoms with E-state index in [4.69, 9.17) is 14.0 Å². The molecule has 1 aromatic rings. The van der Waals surface area contributed by atoms with Crippen LogP contribution in [0.2, 0.25) is 6.32 Å². The lowest BCUT2D eigenvalue weighted by molar-refractivity contribution is 0.00578. The van der Waals surface area contributed by atoms with Crippen molar-refractivity contribution in [1.29, 1.82) is 0 Å². The number of amides is 1. The van der Waals surface area contributed by atoms with Gasteiger partial charge in [-0.3, -0.25) is 0 Å². The highest BCUT2D eigenvalue weighted by Gasteiger charge is 2.51. The van der Waals surface area contributed by atoms with Gasteiger partial charge in [-0.1, -0.05) is 30.3 Å². The third-order valence-corrected chi connectivity index (χ3v) is 5.91. The highest BCUT2D eigenvalue weighted by molar-refractivity contribution is 6.45. The van der Waals surface area contributed by atoms with E-state index < -0.39 is 0 Å². The minimum absolute atomic E-state index is 0.151. The number of nitrogens with zero attached hydrogens (tertiary/aromatic N) is 1. The SMILES string of the molecule is CC1(C)OB(CC2CCN(C(=O)OCc3ccccc3)CC2)OC1(C)C. The molecule has 2 aliphatic rings. The maximum Gasteiger partial charge on any atom is 0.458 e. The Morgan fingerprint density at radius 2 is 1.69 bits per heavy atom. The van der Waals surface area contributed by atoms with Crippen LogP contribution in [0.15, 0.2) is 30.3 Å². The fourth-order valence-electron chi connectivity index (χ4n) is 3.50. The molecule has 26 heavy (non-hydrogen) atoms. The third kappa shape index (κ3) is 4.41. The van der Waals surface area contributed by atoms with E-state index in [1.165, 1.54) is 0 Å². The summed E-state index contributed by atoms with van der Waals surface area (Å²) in [5.41, 5.74) is 0.454. The lowest BCUT2D eigenvalue weighted by Gasteiger charge is -2.32. The van der Waals surface area contributed by atoms with Gasteiger partial charge in [0.1, 0.15) is 6.61 Å². The summed E-state index contributed by atoms with van der Waals surface area (Å²) in [6.07, 6.45) is 2.59. The fraction of sp³-hybridized carbons (Fsp3) is 0.650. The van der Waals surface area contributed by atoms with E-state index in [9.17, 15) is 4.79 Å². The average Bonchev–Trinajstić information content (AvgIpc) is 2.81. The van der Waals surface area contributed by atoms with E-state index in [1.807, 2.05) is 35.2 Å². The summed E-state index contributed by atoms with van der Waals surface area (Å²) < 4.78 is 17.6. The average molecular weight is 359 g/mol.